The monoisotopic (exact) mass is 518 g/mol. The van der Waals surface area contributed by atoms with Gasteiger partial charge in [-0.1, -0.05) is 6.07 Å². The van der Waals surface area contributed by atoms with Crippen molar-refractivity contribution in [1.82, 2.24) is 15.1 Å². The minimum absolute atomic E-state index is 0. The van der Waals surface area contributed by atoms with Gasteiger partial charge in [0.1, 0.15) is 13.2 Å². The molecular formula is C21H35IN4O3. The predicted octanol–water partition coefficient (Wildman–Crippen LogP) is 2.58. The van der Waals surface area contributed by atoms with Gasteiger partial charge in [0.25, 0.3) is 0 Å². The van der Waals surface area contributed by atoms with Gasteiger partial charge in [0.15, 0.2) is 17.5 Å². The van der Waals surface area contributed by atoms with Gasteiger partial charge in [0.2, 0.25) is 0 Å². The lowest BCUT2D eigenvalue weighted by atomic mass is 10.2. The lowest BCUT2D eigenvalue weighted by molar-refractivity contribution is -0.0166. The van der Waals surface area contributed by atoms with Gasteiger partial charge in [-0.15, -0.1) is 24.0 Å². The zero-order valence-electron chi connectivity index (χ0n) is 18.0. The van der Waals surface area contributed by atoms with Crippen LogP contribution >= 0.6 is 24.0 Å². The summed E-state index contributed by atoms with van der Waals surface area (Å²) in [5.41, 5.74) is 1.17. The van der Waals surface area contributed by atoms with Gasteiger partial charge in [0.05, 0.1) is 19.8 Å². The Morgan fingerprint density at radius 2 is 2.03 bits per heavy atom. The first kappa shape index (κ1) is 24.0. The molecule has 0 amide bonds. The van der Waals surface area contributed by atoms with E-state index in [1.54, 1.807) is 0 Å². The van der Waals surface area contributed by atoms with Gasteiger partial charge in [-0.25, -0.2) is 0 Å². The molecule has 1 aromatic rings. The van der Waals surface area contributed by atoms with E-state index in [1.165, 1.54) is 5.56 Å². The van der Waals surface area contributed by atoms with Crippen LogP contribution in [0.4, 0.5) is 0 Å². The highest BCUT2D eigenvalue weighted by molar-refractivity contribution is 14.0. The van der Waals surface area contributed by atoms with Crippen molar-refractivity contribution in [2.75, 3.05) is 53.1 Å². The summed E-state index contributed by atoms with van der Waals surface area (Å²) in [5.74, 6) is 2.57. The molecule has 0 radical (unpaired) electrons. The van der Waals surface area contributed by atoms with Gasteiger partial charge in [0, 0.05) is 38.8 Å². The molecule has 2 atom stereocenters. The van der Waals surface area contributed by atoms with Crippen LogP contribution in [0.2, 0.25) is 0 Å². The molecule has 0 aliphatic carbocycles. The summed E-state index contributed by atoms with van der Waals surface area (Å²) in [7, 11) is 2.07. The van der Waals surface area contributed by atoms with Crippen molar-refractivity contribution in [2.45, 2.75) is 39.4 Å². The van der Waals surface area contributed by atoms with E-state index >= 15 is 0 Å². The third-order valence-electron chi connectivity index (χ3n) is 5.21. The van der Waals surface area contributed by atoms with Crippen LogP contribution in [0, 0.1) is 0 Å². The average molecular weight is 518 g/mol. The number of guanidine groups is 1. The fraction of sp³-hybridized carbons (Fsp3) is 0.667. The number of nitrogens with zero attached hydrogens (tertiary/aromatic N) is 3. The maximum absolute atomic E-state index is 5.70. The first-order valence-corrected chi connectivity index (χ1v) is 10.3. The second-order valence-electron chi connectivity index (χ2n) is 7.54. The third-order valence-corrected chi connectivity index (χ3v) is 5.21. The van der Waals surface area contributed by atoms with E-state index in [0.29, 0.717) is 25.3 Å². The summed E-state index contributed by atoms with van der Waals surface area (Å²) in [4.78, 5) is 9.54. The minimum Gasteiger partial charge on any atom is -0.486 e. The summed E-state index contributed by atoms with van der Waals surface area (Å²) in [6.07, 6.45) is 0. The number of fused-ring (bicyclic) bond motifs is 1. The lowest BCUT2D eigenvalue weighted by Gasteiger charge is -2.37. The molecule has 0 bridgehead atoms. The van der Waals surface area contributed by atoms with E-state index < -0.39 is 0 Å². The van der Waals surface area contributed by atoms with Crippen molar-refractivity contribution in [3.05, 3.63) is 23.8 Å². The van der Waals surface area contributed by atoms with Crippen LogP contribution < -0.4 is 14.8 Å². The van der Waals surface area contributed by atoms with E-state index in [9.17, 15) is 0 Å². The second-order valence-corrected chi connectivity index (χ2v) is 7.54. The van der Waals surface area contributed by atoms with Crippen LogP contribution in [0.5, 0.6) is 11.5 Å². The first-order valence-electron chi connectivity index (χ1n) is 10.3. The van der Waals surface area contributed by atoms with Crippen LogP contribution in [0.3, 0.4) is 0 Å². The molecule has 1 aromatic carbocycles. The fourth-order valence-corrected chi connectivity index (χ4v) is 3.72. The molecule has 0 aromatic heterocycles. The van der Waals surface area contributed by atoms with Crippen molar-refractivity contribution in [3.8, 4) is 11.5 Å². The van der Waals surface area contributed by atoms with Gasteiger partial charge < -0.3 is 24.4 Å². The molecule has 0 saturated carbocycles. The summed E-state index contributed by atoms with van der Waals surface area (Å²) in [5, 5.41) is 3.41. The van der Waals surface area contributed by atoms with E-state index in [1.807, 2.05) is 6.07 Å². The van der Waals surface area contributed by atoms with E-state index in [-0.39, 0.29) is 24.0 Å². The summed E-state index contributed by atoms with van der Waals surface area (Å²) in [6, 6.07) is 6.97. The van der Waals surface area contributed by atoms with E-state index in [2.05, 4.69) is 55.1 Å². The Morgan fingerprint density at radius 3 is 2.76 bits per heavy atom. The molecule has 29 heavy (non-hydrogen) atoms. The second kappa shape index (κ2) is 11.8. The molecule has 164 valence electrons. The molecule has 2 heterocycles. The van der Waals surface area contributed by atoms with Crippen molar-refractivity contribution < 1.29 is 14.2 Å². The zero-order valence-corrected chi connectivity index (χ0v) is 20.3. The van der Waals surface area contributed by atoms with Crippen LogP contribution in [0.15, 0.2) is 23.2 Å². The molecule has 3 rings (SSSR count). The molecule has 0 spiro atoms. The molecule has 2 aliphatic rings. The standard InChI is InChI=1S/C21H34N4O3.HI/c1-5-22-21(23-13-16(2)25-8-9-26-15-17(25)3)24(4)14-18-6-7-19-20(12-18)28-11-10-27-19;/h6-7,12,16-17H,5,8-11,13-15H2,1-4H3,(H,22,23);1H. The number of aliphatic imine (C=N–C) groups is 1. The molecule has 7 nitrogen and oxygen atoms in total. The molecule has 1 saturated heterocycles. The average Bonchev–Trinajstić information content (AvgIpc) is 2.71. The van der Waals surface area contributed by atoms with Crippen molar-refractivity contribution in [2.24, 2.45) is 4.99 Å². The fourth-order valence-electron chi connectivity index (χ4n) is 3.72. The third kappa shape index (κ3) is 6.62. The van der Waals surface area contributed by atoms with Gasteiger partial charge >= 0.3 is 0 Å². The molecule has 1 fully saturated rings. The number of hydrogen-bond donors (Lipinski definition) is 1. The Kier molecular flexibility index (Phi) is 9.78. The smallest absolute Gasteiger partial charge is 0.194 e. The number of ether oxygens (including phenoxy) is 3. The number of benzene rings is 1. The highest BCUT2D eigenvalue weighted by Crippen LogP contribution is 2.31. The molecule has 2 unspecified atom stereocenters. The summed E-state index contributed by atoms with van der Waals surface area (Å²) in [6.45, 7) is 12.7. The Hall–Kier alpha value is -1.26. The first-order chi connectivity index (χ1) is 13.6. The summed E-state index contributed by atoms with van der Waals surface area (Å²) >= 11 is 0. The van der Waals surface area contributed by atoms with Crippen molar-refractivity contribution in [3.63, 3.8) is 0 Å². The topological polar surface area (TPSA) is 58.6 Å². The van der Waals surface area contributed by atoms with Crippen LogP contribution in [-0.2, 0) is 11.3 Å². The Labute approximate surface area is 191 Å². The highest BCUT2D eigenvalue weighted by Gasteiger charge is 2.23. The molecule has 2 aliphatic heterocycles. The SMILES string of the molecule is CCNC(=NCC(C)N1CCOCC1C)N(C)Cc1ccc2c(c1)OCCO2.I. The van der Waals surface area contributed by atoms with E-state index in [0.717, 1.165) is 56.9 Å². The lowest BCUT2D eigenvalue weighted by Crippen LogP contribution is -2.49. The minimum atomic E-state index is 0. The summed E-state index contributed by atoms with van der Waals surface area (Å²) < 4.78 is 16.9. The normalized spacial score (nSPS) is 20.6. The number of nitrogens with one attached hydrogen (secondary N) is 1. The van der Waals surface area contributed by atoms with Crippen LogP contribution in [-0.4, -0.2) is 81.0 Å². The number of hydrogen-bond acceptors (Lipinski definition) is 5. The number of halogens is 1. The van der Waals surface area contributed by atoms with Crippen molar-refractivity contribution in [1.29, 1.82) is 0 Å². The molecular weight excluding hydrogens is 483 g/mol. The maximum atomic E-state index is 5.70. The zero-order chi connectivity index (χ0) is 19.9. The van der Waals surface area contributed by atoms with E-state index in [4.69, 9.17) is 19.2 Å². The molecule has 8 heteroatoms. The highest BCUT2D eigenvalue weighted by atomic mass is 127. The quantitative estimate of drug-likeness (QED) is 0.355. The Balaban J connectivity index is 0.00000300. The Morgan fingerprint density at radius 1 is 1.28 bits per heavy atom. The van der Waals surface area contributed by atoms with Gasteiger partial charge in [-0.2, -0.15) is 0 Å². The van der Waals surface area contributed by atoms with Gasteiger partial charge in [-0.3, -0.25) is 9.89 Å². The number of rotatable bonds is 6. The Bertz CT molecular complexity index is 673. The number of morpholine rings is 1. The predicted molar refractivity (Wildman–Crippen MR) is 127 cm³/mol. The maximum Gasteiger partial charge on any atom is 0.194 e. The largest absolute Gasteiger partial charge is 0.486 e. The van der Waals surface area contributed by atoms with Crippen molar-refractivity contribution >= 4 is 29.9 Å². The molecule has 1 N–H and O–H groups in total. The van der Waals surface area contributed by atoms with Crippen LogP contribution in [0.25, 0.3) is 0 Å². The van der Waals surface area contributed by atoms with Gasteiger partial charge in [-0.05, 0) is 38.5 Å². The van der Waals surface area contributed by atoms with Crippen LogP contribution in [0.1, 0.15) is 26.3 Å².